The van der Waals surface area contributed by atoms with Gasteiger partial charge in [-0.1, -0.05) is 6.07 Å². The number of anilines is 1. The number of Topliss-reactive ketones (excluding diaryl/α,β-unsaturated/α-hetero) is 1. The molecule has 4 N–H and O–H groups in total. The fraction of sp³-hybridized carbons (Fsp3) is 0.423. The molecule has 3 aliphatic rings. The van der Waals surface area contributed by atoms with Gasteiger partial charge < -0.3 is 25.5 Å². The van der Waals surface area contributed by atoms with Crippen LogP contribution in [-0.4, -0.2) is 81.8 Å². The van der Waals surface area contributed by atoms with Crippen LogP contribution in [0.4, 0.5) is 5.82 Å². The molecule has 4 aromatic heterocycles. The molecule has 1 amide bonds. The second-order valence-electron chi connectivity index (χ2n) is 10.7. The third kappa shape index (κ3) is 3.64. The first-order chi connectivity index (χ1) is 18.8. The number of aliphatic hydroxyl groups is 1. The topological polar surface area (TPSA) is 178 Å². The van der Waals surface area contributed by atoms with E-state index in [-0.39, 0.29) is 54.5 Å². The summed E-state index contributed by atoms with van der Waals surface area (Å²) in [7, 11) is 0. The molecule has 7 rings (SSSR count). The van der Waals surface area contributed by atoms with Crippen LogP contribution >= 0.6 is 0 Å². The Morgan fingerprint density at radius 2 is 1.95 bits per heavy atom. The number of nitrogens with zero attached hydrogens (tertiary/aromatic N) is 7. The van der Waals surface area contributed by atoms with E-state index in [1.165, 1.54) is 17.8 Å². The summed E-state index contributed by atoms with van der Waals surface area (Å²) in [6, 6.07) is 3.65. The van der Waals surface area contributed by atoms with Gasteiger partial charge in [0.15, 0.2) is 17.0 Å². The Bertz CT molecular complexity index is 1580. The molecule has 200 valence electrons. The number of hydrogen-bond donors (Lipinski definition) is 3. The molecule has 2 bridgehead atoms. The van der Waals surface area contributed by atoms with Crippen molar-refractivity contribution in [3.63, 3.8) is 0 Å². The predicted octanol–water partition coefficient (Wildman–Crippen LogP) is 1.46. The van der Waals surface area contributed by atoms with Crippen LogP contribution in [0.15, 0.2) is 30.9 Å². The largest absolute Gasteiger partial charge is 0.383 e. The number of ketones is 1. The summed E-state index contributed by atoms with van der Waals surface area (Å²) in [6.45, 7) is 1.92. The first-order valence-corrected chi connectivity index (χ1v) is 13.0. The van der Waals surface area contributed by atoms with E-state index >= 15 is 0 Å². The van der Waals surface area contributed by atoms with Gasteiger partial charge >= 0.3 is 0 Å². The number of piperidine rings is 1. The molecular formula is C26H27N9O4. The van der Waals surface area contributed by atoms with E-state index in [0.29, 0.717) is 35.4 Å². The highest BCUT2D eigenvalue weighted by molar-refractivity contribution is 6.00. The molecule has 0 aliphatic carbocycles. The van der Waals surface area contributed by atoms with E-state index in [2.05, 4.69) is 25.3 Å². The number of aromatic amines is 1. The third-order valence-electron chi connectivity index (χ3n) is 8.27. The highest BCUT2D eigenvalue weighted by Crippen LogP contribution is 2.45. The number of nitrogen functional groups attached to an aromatic ring is 1. The van der Waals surface area contributed by atoms with E-state index in [0.717, 1.165) is 24.0 Å². The van der Waals surface area contributed by atoms with Crippen LogP contribution in [0.2, 0.25) is 0 Å². The highest BCUT2D eigenvalue weighted by atomic mass is 16.5. The second-order valence-corrected chi connectivity index (χ2v) is 10.7. The number of nitrogens with two attached hydrogens (primary N) is 1. The summed E-state index contributed by atoms with van der Waals surface area (Å²) in [5, 5.41) is 22.6. The molecule has 0 aromatic carbocycles. The lowest BCUT2D eigenvalue weighted by molar-refractivity contribution is -0.186. The summed E-state index contributed by atoms with van der Waals surface area (Å²) in [6.07, 6.45) is 7.82. The number of fused-ring (bicyclic) bond motifs is 3. The molecule has 7 heterocycles. The molecule has 39 heavy (non-hydrogen) atoms. The smallest absolute Gasteiger partial charge is 0.292 e. The van der Waals surface area contributed by atoms with Crippen LogP contribution in [-0.2, 0) is 10.3 Å². The maximum absolute atomic E-state index is 13.1. The zero-order chi connectivity index (χ0) is 26.9. The Labute approximate surface area is 222 Å². The van der Waals surface area contributed by atoms with Crippen LogP contribution in [0.25, 0.3) is 16.8 Å². The molecule has 0 saturated carbocycles. The molecule has 0 spiro atoms. The number of carbonyl (C=O) groups excluding carboxylic acids is 2. The van der Waals surface area contributed by atoms with Crippen molar-refractivity contribution in [2.45, 2.75) is 56.2 Å². The summed E-state index contributed by atoms with van der Waals surface area (Å²) in [5.74, 6) is 0.0955. The van der Waals surface area contributed by atoms with Crippen molar-refractivity contribution in [1.29, 1.82) is 0 Å². The number of ether oxygens (including phenoxy) is 1. The van der Waals surface area contributed by atoms with Gasteiger partial charge in [0.05, 0.1) is 36.4 Å². The molecular weight excluding hydrogens is 502 g/mol. The number of pyridine rings is 1. The lowest BCUT2D eigenvalue weighted by Crippen LogP contribution is -2.47. The SMILES string of the molecule is CC(=O)c1c([C@H]2C[C@H]3CC[C@@H](C2)N3C(=O)c2nnc[nH]2)nc2c(-c3ccc(C4(O)COC4)nc3)cnn2c1N. The minimum Gasteiger partial charge on any atom is -0.383 e. The van der Waals surface area contributed by atoms with Crippen molar-refractivity contribution < 1.29 is 19.4 Å². The standard InChI is InChI=1S/C26H27N9O4/c1-13(36)20-21(15-6-16-3-4-17(7-15)34(16)25(37)23-29-12-30-33-23)32-24-18(9-31-35(24)22(20)27)14-2-5-19(28-8-14)26(38)10-39-11-26/h2,5,8-9,12,15-17,38H,3-4,6-7,10-11,27H2,1H3,(H,29,30,33)/t15-,16+,17-. The summed E-state index contributed by atoms with van der Waals surface area (Å²) in [4.78, 5) is 40.1. The third-order valence-corrected chi connectivity index (χ3v) is 8.27. The van der Waals surface area contributed by atoms with Crippen molar-refractivity contribution in [3.05, 3.63) is 53.6 Å². The van der Waals surface area contributed by atoms with Crippen LogP contribution in [0.3, 0.4) is 0 Å². The van der Waals surface area contributed by atoms with Crippen molar-refractivity contribution in [3.8, 4) is 11.1 Å². The lowest BCUT2D eigenvalue weighted by Gasteiger charge is -2.38. The number of nitrogens with one attached hydrogen (secondary N) is 1. The van der Waals surface area contributed by atoms with E-state index in [1.807, 2.05) is 11.0 Å². The zero-order valence-corrected chi connectivity index (χ0v) is 21.2. The lowest BCUT2D eigenvalue weighted by atomic mass is 9.85. The number of rotatable bonds is 5. The predicted molar refractivity (Wildman–Crippen MR) is 137 cm³/mol. The van der Waals surface area contributed by atoms with E-state index in [4.69, 9.17) is 15.5 Å². The van der Waals surface area contributed by atoms with E-state index < -0.39 is 5.60 Å². The summed E-state index contributed by atoms with van der Waals surface area (Å²) >= 11 is 0. The Hall–Kier alpha value is -4.23. The van der Waals surface area contributed by atoms with Crippen LogP contribution in [0.1, 0.15) is 70.9 Å². The molecule has 3 aliphatic heterocycles. The Kier molecular flexibility index (Phi) is 5.29. The zero-order valence-electron chi connectivity index (χ0n) is 21.2. The van der Waals surface area contributed by atoms with Gasteiger partial charge in [-0.3, -0.25) is 14.6 Å². The number of H-pyrrole nitrogens is 1. The average Bonchev–Trinajstić information content (AvgIpc) is 3.65. The molecule has 0 radical (unpaired) electrons. The van der Waals surface area contributed by atoms with E-state index in [1.54, 1.807) is 18.5 Å². The number of hydrogen-bond acceptors (Lipinski definition) is 10. The molecule has 3 saturated heterocycles. The molecule has 13 nitrogen and oxygen atoms in total. The first-order valence-electron chi connectivity index (χ1n) is 13.0. The fourth-order valence-electron chi connectivity index (χ4n) is 6.33. The molecule has 13 heteroatoms. The van der Waals surface area contributed by atoms with Crippen LogP contribution in [0, 0.1) is 0 Å². The molecule has 3 atom stereocenters. The van der Waals surface area contributed by atoms with Gasteiger partial charge in [0.1, 0.15) is 12.1 Å². The van der Waals surface area contributed by atoms with E-state index in [9.17, 15) is 14.7 Å². The average molecular weight is 530 g/mol. The van der Waals surface area contributed by atoms with Gasteiger partial charge in [0, 0.05) is 35.3 Å². The van der Waals surface area contributed by atoms with Gasteiger partial charge in [-0.05, 0) is 38.7 Å². The van der Waals surface area contributed by atoms with Crippen LogP contribution < -0.4 is 5.73 Å². The van der Waals surface area contributed by atoms with Crippen molar-refractivity contribution in [2.24, 2.45) is 0 Å². The Morgan fingerprint density at radius 1 is 1.18 bits per heavy atom. The van der Waals surface area contributed by atoms with Crippen molar-refractivity contribution >= 4 is 23.2 Å². The fourth-order valence-corrected chi connectivity index (χ4v) is 6.33. The number of aromatic nitrogens is 7. The first kappa shape index (κ1) is 23.9. The normalized spacial score (nSPS) is 23.6. The minimum atomic E-state index is -1.06. The van der Waals surface area contributed by atoms with Gasteiger partial charge in [-0.2, -0.15) is 9.61 Å². The number of carbonyl (C=O) groups is 2. The Balaban J connectivity index is 1.26. The minimum absolute atomic E-state index is 0.00724. The maximum Gasteiger partial charge on any atom is 0.292 e. The monoisotopic (exact) mass is 529 g/mol. The highest BCUT2D eigenvalue weighted by Gasteiger charge is 2.46. The quantitative estimate of drug-likeness (QED) is 0.321. The summed E-state index contributed by atoms with van der Waals surface area (Å²) < 4.78 is 6.63. The Morgan fingerprint density at radius 3 is 2.54 bits per heavy atom. The van der Waals surface area contributed by atoms with Gasteiger partial charge in [-0.15, -0.1) is 10.2 Å². The number of amides is 1. The molecule has 3 fully saturated rings. The van der Waals surface area contributed by atoms with Crippen molar-refractivity contribution in [2.75, 3.05) is 18.9 Å². The van der Waals surface area contributed by atoms with Gasteiger partial charge in [-0.25, -0.2) is 4.98 Å². The van der Waals surface area contributed by atoms with Crippen molar-refractivity contribution in [1.82, 2.24) is 39.7 Å². The maximum atomic E-state index is 13.1. The van der Waals surface area contributed by atoms with Crippen LogP contribution in [0.5, 0.6) is 0 Å². The molecule has 0 unspecified atom stereocenters. The molecule has 4 aromatic rings. The summed E-state index contributed by atoms with van der Waals surface area (Å²) in [5.41, 5.74) is 9.05. The van der Waals surface area contributed by atoms with Gasteiger partial charge in [0.25, 0.3) is 5.91 Å². The van der Waals surface area contributed by atoms with Gasteiger partial charge in [0.2, 0.25) is 5.82 Å². The second kappa shape index (κ2) is 8.64.